The highest BCUT2D eigenvalue weighted by Crippen LogP contribution is 2.21. The average Bonchev–Trinajstić information content (AvgIpc) is 2.37. The van der Waals surface area contributed by atoms with E-state index in [1.807, 2.05) is 26.8 Å². The van der Waals surface area contributed by atoms with Crippen molar-refractivity contribution in [3.63, 3.8) is 0 Å². The van der Waals surface area contributed by atoms with Crippen LogP contribution in [0.3, 0.4) is 0 Å². The molecule has 1 aromatic heterocycles. The van der Waals surface area contributed by atoms with Crippen LogP contribution in [0.2, 0.25) is 0 Å². The number of ether oxygens (including phenoxy) is 2. The van der Waals surface area contributed by atoms with Crippen LogP contribution in [-0.4, -0.2) is 47.2 Å². The first-order valence-electron chi connectivity index (χ1n) is 6.53. The molecule has 1 saturated heterocycles. The number of hydrogen-bond acceptors (Lipinski definition) is 5. The Morgan fingerprint density at radius 1 is 1.47 bits per heavy atom. The predicted octanol–water partition coefficient (Wildman–Crippen LogP) is 2.10. The molecule has 1 fully saturated rings. The molecule has 6 heteroatoms. The van der Waals surface area contributed by atoms with E-state index in [0.29, 0.717) is 11.8 Å². The van der Waals surface area contributed by atoms with E-state index in [1.54, 1.807) is 0 Å². The molecule has 0 spiro atoms. The van der Waals surface area contributed by atoms with Crippen molar-refractivity contribution in [2.75, 3.05) is 23.9 Å². The molecule has 2 heterocycles. The van der Waals surface area contributed by atoms with Gasteiger partial charge in [-0.15, -0.1) is 11.6 Å². The van der Waals surface area contributed by atoms with Crippen LogP contribution in [0.5, 0.6) is 5.88 Å². The van der Waals surface area contributed by atoms with Crippen LogP contribution in [0.15, 0.2) is 12.4 Å². The molecule has 2 rings (SSSR count). The minimum absolute atomic E-state index is 0.0369. The van der Waals surface area contributed by atoms with Gasteiger partial charge in [0.15, 0.2) is 0 Å². The van der Waals surface area contributed by atoms with Crippen molar-refractivity contribution >= 4 is 17.4 Å². The second kappa shape index (κ2) is 6.39. The molecular formula is C13H20ClN3O2. The molecule has 19 heavy (non-hydrogen) atoms. The highest BCUT2D eigenvalue weighted by atomic mass is 35.5. The number of hydrogen-bond donors (Lipinski definition) is 0. The quantitative estimate of drug-likeness (QED) is 0.793. The summed E-state index contributed by atoms with van der Waals surface area (Å²) in [4.78, 5) is 10.6. The molecule has 1 aliphatic heterocycles. The van der Waals surface area contributed by atoms with Gasteiger partial charge in [0.1, 0.15) is 12.1 Å². The standard InChI is InChI=1S/C13H20ClN3O2/c1-9(2)18-13-4-12(15-8-16-13)17-6-10(3)19-11(5-14)7-17/h4,8-11H,5-7H2,1-3H3. The maximum atomic E-state index is 5.89. The number of morpholine rings is 1. The Bertz CT molecular complexity index is 417. The maximum Gasteiger partial charge on any atom is 0.218 e. The van der Waals surface area contributed by atoms with Gasteiger partial charge in [-0.25, -0.2) is 9.97 Å². The van der Waals surface area contributed by atoms with Gasteiger partial charge in [-0.3, -0.25) is 0 Å². The van der Waals surface area contributed by atoms with Crippen molar-refractivity contribution in [2.45, 2.75) is 39.1 Å². The minimum Gasteiger partial charge on any atom is -0.475 e. The van der Waals surface area contributed by atoms with Gasteiger partial charge >= 0.3 is 0 Å². The van der Waals surface area contributed by atoms with E-state index in [4.69, 9.17) is 21.1 Å². The fourth-order valence-electron chi connectivity index (χ4n) is 2.13. The number of halogens is 1. The summed E-state index contributed by atoms with van der Waals surface area (Å²) in [5.41, 5.74) is 0. The molecule has 0 amide bonds. The Labute approximate surface area is 118 Å². The molecule has 0 aliphatic carbocycles. The Morgan fingerprint density at radius 3 is 2.95 bits per heavy atom. The number of alkyl halides is 1. The van der Waals surface area contributed by atoms with Gasteiger partial charge in [0.05, 0.1) is 24.2 Å². The van der Waals surface area contributed by atoms with Crippen molar-refractivity contribution in [1.29, 1.82) is 0 Å². The molecule has 0 N–H and O–H groups in total. The van der Waals surface area contributed by atoms with Crippen LogP contribution in [-0.2, 0) is 4.74 Å². The molecule has 2 atom stereocenters. The molecule has 2 unspecified atom stereocenters. The van der Waals surface area contributed by atoms with E-state index in [0.717, 1.165) is 18.9 Å². The summed E-state index contributed by atoms with van der Waals surface area (Å²) in [6, 6.07) is 1.86. The smallest absolute Gasteiger partial charge is 0.218 e. The van der Waals surface area contributed by atoms with Gasteiger partial charge in [0.2, 0.25) is 5.88 Å². The maximum absolute atomic E-state index is 5.89. The first kappa shape index (κ1) is 14.3. The van der Waals surface area contributed by atoms with Crippen molar-refractivity contribution in [3.05, 3.63) is 12.4 Å². The van der Waals surface area contributed by atoms with Crippen LogP contribution < -0.4 is 9.64 Å². The largest absolute Gasteiger partial charge is 0.475 e. The molecule has 0 radical (unpaired) electrons. The Balaban J connectivity index is 2.11. The molecular weight excluding hydrogens is 266 g/mol. The van der Waals surface area contributed by atoms with E-state index in [9.17, 15) is 0 Å². The lowest BCUT2D eigenvalue weighted by Crippen LogP contribution is -2.47. The summed E-state index contributed by atoms with van der Waals surface area (Å²) in [7, 11) is 0. The second-order valence-electron chi connectivity index (χ2n) is 5.01. The first-order chi connectivity index (χ1) is 9.08. The van der Waals surface area contributed by atoms with Crippen LogP contribution >= 0.6 is 11.6 Å². The molecule has 106 valence electrons. The van der Waals surface area contributed by atoms with Crippen molar-refractivity contribution in [3.8, 4) is 5.88 Å². The minimum atomic E-state index is 0.0369. The molecule has 1 aliphatic rings. The molecule has 5 nitrogen and oxygen atoms in total. The predicted molar refractivity (Wildman–Crippen MR) is 75.1 cm³/mol. The third-order valence-corrected chi connectivity index (χ3v) is 3.15. The van der Waals surface area contributed by atoms with Crippen LogP contribution in [0.4, 0.5) is 5.82 Å². The van der Waals surface area contributed by atoms with Crippen molar-refractivity contribution in [2.24, 2.45) is 0 Å². The highest BCUT2D eigenvalue weighted by molar-refractivity contribution is 6.18. The topological polar surface area (TPSA) is 47.5 Å². The van der Waals surface area contributed by atoms with Gasteiger partial charge in [0.25, 0.3) is 0 Å². The third kappa shape index (κ3) is 3.94. The number of aromatic nitrogens is 2. The first-order valence-corrected chi connectivity index (χ1v) is 7.07. The normalized spacial score (nSPS) is 23.7. The van der Waals surface area contributed by atoms with E-state index >= 15 is 0 Å². The van der Waals surface area contributed by atoms with E-state index in [1.165, 1.54) is 6.33 Å². The van der Waals surface area contributed by atoms with Crippen LogP contribution in [0.1, 0.15) is 20.8 Å². The van der Waals surface area contributed by atoms with E-state index in [-0.39, 0.29) is 18.3 Å². The lowest BCUT2D eigenvalue weighted by Gasteiger charge is -2.36. The van der Waals surface area contributed by atoms with Crippen LogP contribution in [0, 0.1) is 0 Å². The second-order valence-corrected chi connectivity index (χ2v) is 5.32. The molecule has 0 bridgehead atoms. The average molecular weight is 286 g/mol. The fourth-order valence-corrected chi connectivity index (χ4v) is 2.30. The number of anilines is 1. The zero-order chi connectivity index (χ0) is 13.8. The molecule has 0 aromatic carbocycles. The summed E-state index contributed by atoms with van der Waals surface area (Å²) < 4.78 is 11.3. The van der Waals surface area contributed by atoms with Crippen molar-refractivity contribution in [1.82, 2.24) is 9.97 Å². The van der Waals surface area contributed by atoms with Gasteiger partial charge in [-0.05, 0) is 20.8 Å². The molecule has 1 aromatic rings. The zero-order valence-corrected chi connectivity index (χ0v) is 12.3. The fraction of sp³-hybridized carbons (Fsp3) is 0.692. The van der Waals surface area contributed by atoms with Gasteiger partial charge < -0.3 is 14.4 Å². The lowest BCUT2D eigenvalue weighted by molar-refractivity contribution is -0.00360. The van der Waals surface area contributed by atoms with E-state index < -0.39 is 0 Å². The summed E-state index contributed by atoms with van der Waals surface area (Å²) in [6.45, 7) is 7.53. The summed E-state index contributed by atoms with van der Waals surface area (Å²) in [6.07, 6.45) is 1.81. The SMILES string of the molecule is CC(C)Oc1cc(N2CC(C)OC(CCl)C2)ncn1. The van der Waals surface area contributed by atoms with Gasteiger partial charge in [0, 0.05) is 19.2 Å². The number of nitrogens with zero attached hydrogens (tertiary/aromatic N) is 3. The zero-order valence-electron chi connectivity index (χ0n) is 11.5. The Kier molecular flexibility index (Phi) is 4.82. The lowest BCUT2D eigenvalue weighted by atomic mass is 10.2. The number of rotatable bonds is 4. The summed E-state index contributed by atoms with van der Waals surface area (Å²) in [5, 5.41) is 0. The Hall–Kier alpha value is -1.07. The third-order valence-electron chi connectivity index (χ3n) is 2.81. The van der Waals surface area contributed by atoms with Gasteiger partial charge in [-0.1, -0.05) is 0 Å². The van der Waals surface area contributed by atoms with Crippen molar-refractivity contribution < 1.29 is 9.47 Å². The summed E-state index contributed by atoms with van der Waals surface area (Å²) in [5.74, 6) is 1.94. The molecule has 0 saturated carbocycles. The highest BCUT2D eigenvalue weighted by Gasteiger charge is 2.25. The van der Waals surface area contributed by atoms with Gasteiger partial charge in [-0.2, -0.15) is 0 Å². The van der Waals surface area contributed by atoms with Crippen LogP contribution in [0.25, 0.3) is 0 Å². The monoisotopic (exact) mass is 285 g/mol. The summed E-state index contributed by atoms with van der Waals surface area (Å²) >= 11 is 5.89. The van der Waals surface area contributed by atoms with E-state index in [2.05, 4.69) is 14.9 Å². The Morgan fingerprint density at radius 2 is 2.26 bits per heavy atom.